The van der Waals surface area contributed by atoms with E-state index < -0.39 is 5.91 Å². The van der Waals surface area contributed by atoms with Gasteiger partial charge in [-0.2, -0.15) is 15.4 Å². The van der Waals surface area contributed by atoms with Crippen LogP contribution < -0.4 is 5.73 Å². The smallest absolute Gasteiger partial charge is 0.271 e. The molecule has 7 heteroatoms. The monoisotopic (exact) mass is 273 g/mol. The molecule has 0 bridgehead atoms. The maximum atomic E-state index is 11.2. The summed E-state index contributed by atoms with van der Waals surface area (Å²) in [6, 6.07) is 7.31. The highest BCUT2D eigenvalue weighted by Crippen LogP contribution is 2.25. The Morgan fingerprint density at radius 2 is 2.05 bits per heavy atom. The van der Waals surface area contributed by atoms with E-state index in [0.29, 0.717) is 10.8 Å². The van der Waals surface area contributed by atoms with Crippen molar-refractivity contribution in [2.75, 3.05) is 0 Å². The third-order valence-corrected chi connectivity index (χ3v) is 2.95. The molecule has 0 radical (unpaired) electrons. The number of amides is 1. The maximum absolute atomic E-state index is 11.2. The van der Waals surface area contributed by atoms with Crippen LogP contribution in [0.4, 0.5) is 0 Å². The second kappa shape index (κ2) is 4.33. The first kappa shape index (κ1) is 11.6. The van der Waals surface area contributed by atoms with Crippen molar-refractivity contribution in [1.29, 1.82) is 0 Å². The first-order chi connectivity index (χ1) is 9.15. The zero-order valence-electron chi connectivity index (χ0n) is 9.59. The Balaban J connectivity index is 2.18. The van der Waals surface area contributed by atoms with Crippen molar-refractivity contribution in [2.24, 2.45) is 5.73 Å². The molecule has 0 saturated carbocycles. The highest BCUT2D eigenvalue weighted by atomic mass is 35.5. The van der Waals surface area contributed by atoms with Crippen LogP contribution in [0.2, 0.25) is 5.15 Å². The van der Waals surface area contributed by atoms with Crippen LogP contribution in [0.15, 0.2) is 30.5 Å². The molecule has 1 aromatic carbocycles. The van der Waals surface area contributed by atoms with E-state index in [4.69, 9.17) is 17.3 Å². The molecule has 6 nitrogen and oxygen atoms in total. The first-order valence-electron chi connectivity index (χ1n) is 5.41. The Morgan fingerprint density at radius 3 is 2.84 bits per heavy atom. The summed E-state index contributed by atoms with van der Waals surface area (Å²) in [5.74, 6) is -0.627. The number of nitrogens with one attached hydrogen (secondary N) is 1. The van der Waals surface area contributed by atoms with Gasteiger partial charge in [0.15, 0.2) is 5.69 Å². The van der Waals surface area contributed by atoms with Gasteiger partial charge in [0.25, 0.3) is 5.91 Å². The molecule has 2 heterocycles. The third-order valence-electron chi connectivity index (χ3n) is 2.74. The predicted molar refractivity (Wildman–Crippen MR) is 70.6 cm³/mol. The lowest BCUT2D eigenvalue weighted by Crippen LogP contribution is -2.12. The van der Waals surface area contributed by atoms with Crippen molar-refractivity contribution >= 4 is 28.3 Å². The Morgan fingerprint density at radius 1 is 1.21 bits per heavy atom. The van der Waals surface area contributed by atoms with Crippen LogP contribution in [0.3, 0.4) is 0 Å². The third kappa shape index (κ3) is 2.02. The number of nitrogens with zero attached hydrogens (tertiary/aromatic N) is 3. The number of carbonyl (C=O) groups is 1. The molecular formula is C12H8ClN5O. The predicted octanol–water partition coefficient (Wildman–Crippen LogP) is 1.77. The summed E-state index contributed by atoms with van der Waals surface area (Å²) in [5.41, 5.74) is 6.51. The van der Waals surface area contributed by atoms with E-state index in [1.54, 1.807) is 12.3 Å². The minimum Gasteiger partial charge on any atom is -0.364 e. The van der Waals surface area contributed by atoms with Gasteiger partial charge in [-0.05, 0) is 17.5 Å². The summed E-state index contributed by atoms with van der Waals surface area (Å²) in [6.07, 6.45) is 1.66. The van der Waals surface area contributed by atoms with Gasteiger partial charge in [0, 0.05) is 17.1 Å². The van der Waals surface area contributed by atoms with Crippen LogP contribution in [0.25, 0.3) is 22.0 Å². The van der Waals surface area contributed by atoms with Gasteiger partial charge in [-0.3, -0.25) is 4.79 Å². The van der Waals surface area contributed by atoms with Crippen molar-refractivity contribution in [2.45, 2.75) is 0 Å². The van der Waals surface area contributed by atoms with Gasteiger partial charge in [0.05, 0.1) is 0 Å². The van der Waals surface area contributed by atoms with Crippen molar-refractivity contribution in [3.8, 4) is 11.3 Å². The number of fused-ring (bicyclic) bond motifs is 1. The lowest BCUT2D eigenvalue weighted by Gasteiger charge is -2.02. The van der Waals surface area contributed by atoms with Crippen molar-refractivity contribution in [3.63, 3.8) is 0 Å². The summed E-state index contributed by atoms with van der Waals surface area (Å²) >= 11 is 5.83. The lowest BCUT2D eigenvalue weighted by atomic mass is 10.1. The average molecular weight is 274 g/mol. The molecule has 0 unspecified atom stereocenters. The number of aromatic nitrogens is 4. The summed E-state index contributed by atoms with van der Waals surface area (Å²) in [5, 5.41) is 12.4. The van der Waals surface area contributed by atoms with Crippen LogP contribution in [0.1, 0.15) is 10.5 Å². The van der Waals surface area contributed by atoms with E-state index in [1.807, 2.05) is 18.2 Å². The fourth-order valence-corrected chi connectivity index (χ4v) is 2.03. The van der Waals surface area contributed by atoms with Gasteiger partial charge in [-0.1, -0.05) is 23.7 Å². The number of primary amides is 1. The van der Waals surface area contributed by atoms with E-state index >= 15 is 0 Å². The molecule has 1 amide bonds. The number of benzene rings is 1. The van der Waals surface area contributed by atoms with Crippen LogP contribution in [0, 0.1) is 0 Å². The SMILES string of the molecule is NC(=O)c1n[nH]nc1-c1ccc2cc(Cl)ncc2c1. The first-order valence-corrected chi connectivity index (χ1v) is 5.79. The molecule has 0 aliphatic carbocycles. The number of aromatic amines is 1. The van der Waals surface area contributed by atoms with E-state index in [-0.39, 0.29) is 5.69 Å². The van der Waals surface area contributed by atoms with Crippen LogP contribution >= 0.6 is 11.6 Å². The van der Waals surface area contributed by atoms with Crippen molar-refractivity contribution in [1.82, 2.24) is 20.4 Å². The Labute approximate surface area is 112 Å². The highest BCUT2D eigenvalue weighted by Gasteiger charge is 2.15. The zero-order chi connectivity index (χ0) is 13.4. The molecule has 0 saturated heterocycles. The van der Waals surface area contributed by atoms with Crippen LogP contribution in [0.5, 0.6) is 0 Å². The van der Waals surface area contributed by atoms with E-state index in [2.05, 4.69) is 20.4 Å². The zero-order valence-corrected chi connectivity index (χ0v) is 10.3. The van der Waals surface area contributed by atoms with Gasteiger partial charge >= 0.3 is 0 Å². The molecule has 0 aliphatic rings. The van der Waals surface area contributed by atoms with E-state index in [9.17, 15) is 4.79 Å². The molecule has 0 atom stereocenters. The second-order valence-electron chi connectivity index (χ2n) is 3.95. The molecule has 94 valence electrons. The topological polar surface area (TPSA) is 97.6 Å². The summed E-state index contributed by atoms with van der Waals surface area (Å²) < 4.78 is 0. The van der Waals surface area contributed by atoms with E-state index in [0.717, 1.165) is 16.3 Å². The summed E-state index contributed by atoms with van der Waals surface area (Å²) in [6.45, 7) is 0. The van der Waals surface area contributed by atoms with Gasteiger partial charge in [-0.15, -0.1) is 0 Å². The normalized spacial score (nSPS) is 10.8. The number of rotatable bonds is 2. The number of halogens is 1. The Kier molecular flexibility index (Phi) is 2.64. The molecule has 3 N–H and O–H groups in total. The second-order valence-corrected chi connectivity index (χ2v) is 4.34. The van der Waals surface area contributed by atoms with E-state index in [1.165, 1.54) is 0 Å². The summed E-state index contributed by atoms with van der Waals surface area (Å²) in [4.78, 5) is 15.3. The molecule has 2 aromatic heterocycles. The fraction of sp³-hybridized carbons (Fsp3) is 0. The fourth-order valence-electron chi connectivity index (χ4n) is 1.87. The van der Waals surface area contributed by atoms with Crippen molar-refractivity contribution in [3.05, 3.63) is 41.3 Å². The molecule has 19 heavy (non-hydrogen) atoms. The number of carbonyl (C=O) groups excluding carboxylic acids is 1. The average Bonchev–Trinajstić information content (AvgIpc) is 2.87. The van der Waals surface area contributed by atoms with Crippen molar-refractivity contribution < 1.29 is 4.79 Å². The number of nitrogens with two attached hydrogens (primary N) is 1. The maximum Gasteiger partial charge on any atom is 0.271 e. The number of hydrogen-bond donors (Lipinski definition) is 2. The quantitative estimate of drug-likeness (QED) is 0.695. The minimum atomic E-state index is -0.627. The standard InChI is InChI=1S/C12H8ClN5O/c13-9-4-6-1-2-7(3-8(6)5-15-9)10-11(12(14)19)17-18-16-10/h1-5H,(H2,14,19)(H,16,17,18). The summed E-state index contributed by atoms with van der Waals surface area (Å²) in [7, 11) is 0. The van der Waals surface area contributed by atoms with Crippen LogP contribution in [-0.4, -0.2) is 26.3 Å². The molecule has 3 rings (SSSR count). The molecule has 3 aromatic rings. The Bertz CT molecular complexity index is 783. The number of pyridine rings is 1. The van der Waals surface area contributed by atoms with Gasteiger partial charge in [0.2, 0.25) is 0 Å². The molecule has 0 aliphatic heterocycles. The minimum absolute atomic E-state index is 0.112. The number of hydrogen-bond acceptors (Lipinski definition) is 4. The largest absolute Gasteiger partial charge is 0.364 e. The van der Waals surface area contributed by atoms with Gasteiger partial charge in [-0.25, -0.2) is 4.98 Å². The molecule has 0 spiro atoms. The van der Waals surface area contributed by atoms with Gasteiger partial charge in [0.1, 0.15) is 10.8 Å². The highest BCUT2D eigenvalue weighted by molar-refractivity contribution is 6.30. The Hall–Kier alpha value is -2.47. The molecule has 0 fully saturated rings. The number of H-pyrrole nitrogens is 1. The van der Waals surface area contributed by atoms with Gasteiger partial charge < -0.3 is 5.73 Å². The van der Waals surface area contributed by atoms with Crippen LogP contribution in [-0.2, 0) is 0 Å². The lowest BCUT2D eigenvalue weighted by molar-refractivity contribution is 0.0996. The molecular weight excluding hydrogens is 266 g/mol.